The number of hydrogen-bond acceptors (Lipinski definition) is 4. The van der Waals surface area contributed by atoms with Gasteiger partial charge in [0.2, 0.25) is 12.7 Å². The fourth-order valence-corrected chi connectivity index (χ4v) is 3.37. The predicted octanol–water partition coefficient (Wildman–Crippen LogP) is 4.59. The van der Waals surface area contributed by atoms with Crippen LogP contribution in [0.2, 0.25) is 10.0 Å². The molecule has 0 aliphatic carbocycles. The van der Waals surface area contributed by atoms with Crippen molar-refractivity contribution in [3.05, 3.63) is 52.0 Å². The molecule has 0 spiro atoms. The number of carbonyl (C=O) groups excluding carboxylic acids is 1. The Hall–Kier alpha value is -1.56. The summed E-state index contributed by atoms with van der Waals surface area (Å²) in [5.74, 6) is 2.17. The maximum absolute atomic E-state index is 12.0. The summed E-state index contributed by atoms with van der Waals surface area (Å²) in [7, 11) is 0. The van der Waals surface area contributed by atoms with Crippen LogP contribution in [0.4, 0.5) is 5.69 Å². The largest absolute Gasteiger partial charge is 0.454 e. The minimum absolute atomic E-state index is 0.0907. The molecule has 0 unspecified atom stereocenters. The molecule has 2 aromatic rings. The van der Waals surface area contributed by atoms with Gasteiger partial charge in [0.05, 0.1) is 15.8 Å². The Labute approximate surface area is 148 Å². The van der Waals surface area contributed by atoms with E-state index in [1.807, 2.05) is 12.1 Å². The maximum atomic E-state index is 12.0. The number of anilines is 1. The Balaban J connectivity index is 1.51. The molecule has 120 valence electrons. The van der Waals surface area contributed by atoms with Crippen LogP contribution in [0, 0.1) is 0 Å². The molecule has 1 aliphatic heterocycles. The van der Waals surface area contributed by atoms with Crippen LogP contribution in [-0.2, 0) is 10.5 Å². The average molecular weight is 370 g/mol. The number of halogens is 2. The molecule has 1 aliphatic rings. The molecule has 0 saturated heterocycles. The van der Waals surface area contributed by atoms with E-state index in [0.29, 0.717) is 38.7 Å². The highest BCUT2D eigenvalue weighted by Crippen LogP contribution is 2.34. The van der Waals surface area contributed by atoms with Crippen molar-refractivity contribution in [1.29, 1.82) is 0 Å². The van der Waals surface area contributed by atoms with Gasteiger partial charge in [0.15, 0.2) is 11.5 Å². The van der Waals surface area contributed by atoms with Gasteiger partial charge in [0.25, 0.3) is 0 Å². The summed E-state index contributed by atoms with van der Waals surface area (Å²) in [5.41, 5.74) is 1.60. The van der Waals surface area contributed by atoms with Crippen molar-refractivity contribution in [3.63, 3.8) is 0 Å². The summed E-state index contributed by atoms with van der Waals surface area (Å²) in [6.07, 6.45) is 0. The molecule has 7 heteroatoms. The van der Waals surface area contributed by atoms with Crippen LogP contribution in [-0.4, -0.2) is 18.5 Å². The third kappa shape index (κ3) is 4.05. The second-order valence-corrected chi connectivity index (χ2v) is 6.59. The number of thioether (sulfide) groups is 1. The van der Waals surface area contributed by atoms with Crippen molar-refractivity contribution in [1.82, 2.24) is 0 Å². The topological polar surface area (TPSA) is 47.6 Å². The fourth-order valence-electron chi connectivity index (χ4n) is 2.08. The summed E-state index contributed by atoms with van der Waals surface area (Å²) in [4.78, 5) is 12.0. The van der Waals surface area contributed by atoms with E-state index in [1.165, 1.54) is 11.8 Å². The van der Waals surface area contributed by atoms with Crippen LogP contribution >= 0.6 is 35.0 Å². The van der Waals surface area contributed by atoms with E-state index in [2.05, 4.69) is 5.32 Å². The molecule has 2 aromatic carbocycles. The van der Waals surface area contributed by atoms with Gasteiger partial charge >= 0.3 is 0 Å². The standard InChI is InChI=1S/C16H13Cl2NO3S/c17-12-3-1-2-10(16(12)18)7-23-8-15(20)19-11-4-5-13-14(6-11)22-9-21-13/h1-6H,7-9H2,(H,19,20). The third-order valence-electron chi connectivity index (χ3n) is 3.18. The lowest BCUT2D eigenvalue weighted by Crippen LogP contribution is -2.14. The summed E-state index contributed by atoms with van der Waals surface area (Å²) in [5, 5.41) is 3.89. The van der Waals surface area contributed by atoms with Gasteiger partial charge in [-0.05, 0) is 23.8 Å². The summed E-state index contributed by atoms with van der Waals surface area (Å²) >= 11 is 13.6. The molecule has 1 N–H and O–H groups in total. The fraction of sp³-hybridized carbons (Fsp3) is 0.188. The average Bonchev–Trinajstić information content (AvgIpc) is 2.99. The molecule has 0 saturated carbocycles. The van der Waals surface area contributed by atoms with Crippen molar-refractivity contribution in [2.45, 2.75) is 5.75 Å². The molecule has 0 aromatic heterocycles. The lowest BCUT2D eigenvalue weighted by Gasteiger charge is -2.07. The van der Waals surface area contributed by atoms with Crippen molar-refractivity contribution in [2.75, 3.05) is 17.9 Å². The molecule has 0 radical (unpaired) electrons. The lowest BCUT2D eigenvalue weighted by molar-refractivity contribution is -0.113. The van der Waals surface area contributed by atoms with Gasteiger partial charge in [0, 0.05) is 17.5 Å². The molecule has 23 heavy (non-hydrogen) atoms. The molecule has 4 nitrogen and oxygen atoms in total. The Bertz CT molecular complexity index is 739. The minimum Gasteiger partial charge on any atom is -0.454 e. The number of amides is 1. The number of fused-ring (bicyclic) bond motifs is 1. The van der Waals surface area contributed by atoms with E-state index in [-0.39, 0.29) is 12.7 Å². The van der Waals surface area contributed by atoms with Gasteiger partial charge in [0.1, 0.15) is 0 Å². The van der Waals surface area contributed by atoms with Crippen LogP contribution in [0.15, 0.2) is 36.4 Å². The Morgan fingerprint density at radius 2 is 2.00 bits per heavy atom. The van der Waals surface area contributed by atoms with Gasteiger partial charge in [-0.1, -0.05) is 35.3 Å². The van der Waals surface area contributed by atoms with Crippen LogP contribution < -0.4 is 14.8 Å². The highest BCUT2D eigenvalue weighted by molar-refractivity contribution is 7.99. The van der Waals surface area contributed by atoms with Crippen LogP contribution in [0.25, 0.3) is 0 Å². The highest BCUT2D eigenvalue weighted by Gasteiger charge is 2.14. The first-order valence-electron chi connectivity index (χ1n) is 6.83. The number of carbonyl (C=O) groups is 1. The zero-order valence-corrected chi connectivity index (χ0v) is 14.3. The molecule has 1 amide bonds. The molecule has 0 fully saturated rings. The van der Waals surface area contributed by atoms with Crippen LogP contribution in [0.3, 0.4) is 0 Å². The van der Waals surface area contributed by atoms with Crippen molar-refractivity contribution >= 4 is 46.6 Å². The number of nitrogens with one attached hydrogen (secondary N) is 1. The SMILES string of the molecule is O=C(CSCc1cccc(Cl)c1Cl)Nc1ccc2c(c1)OCO2. The predicted molar refractivity (Wildman–Crippen MR) is 93.8 cm³/mol. The smallest absolute Gasteiger partial charge is 0.234 e. The second kappa shape index (κ2) is 7.34. The first kappa shape index (κ1) is 16.3. The quantitative estimate of drug-likeness (QED) is 0.836. The lowest BCUT2D eigenvalue weighted by atomic mass is 10.2. The van der Waals surface area contributed by atoms with E-state index in [9.17, 15) is 4.79 Å². The Morgan fingerprint density at radius 3 is 2.87 bits per heavy atom. The van der Waals surface area contributed by atoms with Gasteiger partial charge in [-0.25, -0.2) is 0 Å². The minimum atomic E-state index is -0.0907. The zero-order valence-electron chi connectivity index (χ0n) is 12.0. The molecule has 3 rings (SSSR count). The first-order valence-corrected chi connectivity index (χ1v) is 8.74. The number of hydrogen-bond donors (Lipinski definition) is 1. The molecular weight excluding hydrogens is 357 g/mol. The summed E-state index contributed by atoms with van der Waals surface area (Å²) in [6, 6.07) is 10.8. The Kier molecular flexibility index (Phi) is 5.20. The number of rotatable bonds is 5. The van der Waals surface area contributed by atoms with Gasteiger partial charge in [-0.3, -0.25) is 4.79 Å². The Morgan fingerprint density at radius 1 is 1.17 bits per heavy atom. The maximum Gasteiger partial charge on any atom is 0.234 e. The van der Waals surface area contributed by atoms with Crippen molar-refractivity contribution < 1.29 is 14.3 Å². The van der Waals surface area contributed by atoms with E-state index in [1.54, 1.807) is 24.3 Å². The number of ether oxygens (including phenoxy) is 2. The van der Waals surface area contributed by atoms with E-state index >= 15 is 0 Å². The third-order valence-corrected chi connectivity index (χ3v) is 5.02. The first-order chi connectivity index (χ1) is 11.1. The van der Waals surface area contributed by atoms with E-state index in [0.717, 1.165) is 5.56 Å². The molecular formula is C16H13Cl2NO3S. The summed E-state index contributed by atoms with van der Waals surface area (Å²) < 4.78 is 10.5. The molecule has 0 bridgehead atoms. The highest BCUT2D eigenvalue weighted by atomic mass is 35.5. The van der Waals surface area contributed by atoms with Gasteiger partial charge < -0.3 is 14.8 Å². The molecule has 1 heterocycles. The van der Waals surface area contributed by atoms with Crippen molar-refractivity contribution in [2.24, 2.45) is 0 Å². The van der Waals surface area contributed by atoms with Gasteiger partial charge in [-0.2, -0.15) is 0 Å². The molecule has 0 atom stereocenters. The monoisotopic (exact) mass is 369 g/mol. The van der Waals surface area contributed by atoms with Crippen LogP contribution in [0.5, 0.6) is 11.5 Å². The van der Waals surface area contributed by atoms with E-state index < -0.39 is 0 Å². The number of benzene rings is 2. The zero-order chi connectivity index (χ0) is 16.2. The van der Waals surface area contributed by atoms with E-state index in [4.69, 9.17) is 32.7 Å². The normalized spacial score (nSPS) is 12.3. The second-order valence-electron chi connectivity index (χ2n) is 4.82. The summed E-state index contributed by atoms with van der Waals surface area (Å²) in [6.45, 7) is 0.211. The van der Waals surface area contributed by atoms with Crippen LogP contribution in [0.1, 0.15) is 5.56 Å². The van der Waals surface area contributed by atoms with Crippen molar-refractivity contribution in [3.8, 4) is 11.5 Å². The van der Waals surface area contributed by atoms with Gasteiger partial charge in [-0.15, -0.1) is 11.8 Å².